The molecule has 0 aromatic rings. The normalized spacial score (nSPS) is 41.2. The molecule has 1 heterocycles. The molecule has 0 radical (unpaired) electrons. The molecule has 32 heavy (non-hydrogen) atoms. The molecule has 3 saturated carbocycles. The number of ether oxygens (including phenoxy) is 5. The van der Waals surface area contributed by atoms with Crippen molar-refractivity contribution in [2.45, 2.75) is 77.6 Å². The molecule has 0 unspecified atom stereocenters. The lowest BCUT2D eigenvalue weighted by Crippen LogP contribution is -2.49. The first kappa shape index (κ1) is 24.2. The van der Waals surface area contributed by atoms with Gasteiger partial charge in [-0.15, -0.1) is 0 Å². The van der Waals surface area contributed by atoms with Crippen LogP contribution in [0.5, 0.6) is 0 Å². The van der Waals surface area contributed by atoms with Gasteiger partial charge in [-0.1, -0.05) is 6.92 Å². The highest BCUT2D eigenvalue weighted by Gasteiger charge is 2.69. The number of rotatable bonds is 6. The van der Waals surface area contributed by atoms with Gasteiger partial charge < -0.3 is 28.6 Å². The van der Waals surface area contributed by atoms with Crippen LogP contribution in [0.15, 0.2) is 0 Å². The minimum atomic E-state index is -0.471. The highest BCUT2D eigenvalue weighted by Crippen LogP contribution is 2.69. The average Bonchev–Trinajstić information content (AvgIpc) is 3.21. The van der Waals surface area contributed by atoms with Crippen molar-refractivity contribution in [3.63, 3.8) is 0 Å². The summed E-state index contributed by atoms with van der Waals surface area (Å²) in [6.07, 6.45) is 5.68. The van der Waals surface area contributed by atoms with E-state index in [1.807, 2.05) is 25.7 Å². The van der Waals surface area contributed by atoms with Crippen LogP contribution in [-0.2, 0) is 23.7 Å². The van der Waals surface area contributed by atoms with E-state index in [0.29, 0.717) is 43.2 Å². The van der Waals surface area contributed by atoms with E-state index in [2.05, 4.69) is 6.92 Å². The van der Waals surface area contributed by atoms with Crippen molar-refractivity contribution in [2.24, 2.45) is 35.0 Å². The summed E-state index contributed by atoms with van der Waals surface area (Å²) in [5, 5.41) is 0. The Kier molecular flexibility index (Phi) is 7.12. The molecule has 1 aliphatic heterocycles. The maximum absolute atomic E-state index is 12.8. The fourth-order valence-electron chi connectivity index (χ4n) is 7.72. The molecular weight excluding hydrogens is 410 g/mol. The van der Waals surface area contributed by atoms with Crippen LogP contribution in [0.4, 0.5) is 4.79 Å². The van der Waals surface area contributed by atoms with Crippen LogP contribution in [0.25, 0.3) is 0 Å². The Labute approximate surface area is 193 Å². The maximum Gasteiger partial charge on any atom is 0.410 e. The molecule has 7 heteroatoms. The zero-order valence-electron chi connectivity index (χ0n) is 20.8. The fraction of sp³-hybridized carbons (Fsp3) is 0.960. The molecule has 1 saturated heterocycles. The van der Waals surface area contributed by atoms with E-state index in [1.54, 1.807) is 14.2 Å². The molecule has 8 atom stereocenters. The number of hydrogen-bond donors (Lipinski definition) is 0. The topological polar surface area (TPSA) is 66.5 Å². The molecule has 0 N–H and O–H groups in total. The van der Waals surface area contributed by atoms with E-state index in [9.17, 15) is 4.79 Å². The Balaban J connectivity index is 1.59. The number of amides is 1. The number of methoxy groups -OCH3 is 2. The predicted molar refractivity (Wildman–Crippen MR) is 120 cm³/mol. The van der Waals surface area contributed by atoms with E-state index >= 15 is 0 Å². The number of piperidine rings is 1. The molecular formula is C25H43NO6. The largest absolute Gasteiger partial charge is 0.444 e. The van der Waals surface area contributed by atoms with Gasteiger partial charge in [-0.05, 0) is 82.5 Å². The third kappa shape index (κ3) is 4.42. The first-order chi connectivity index (χ1) is 15.2. The number of hydrogen-bond acceptors (Lipinski definition) is 6. The van der Waals surface area contributed by atoms with Crippen molar-refractivity contribution in [2.75, 3.05) is 40.9 Å². The Morgan fingerprint density at radius 2 is 1.78 bits per heavy atom. The van der Waals surface area contributed by atoms with Crippen molar-refractivity contribution in [3.8, 4) is 0 Å². The Bertz CT molecular complexity index is 665. The zero-order chi connectivity index (χ0) is 23.1. The third-order valence-electron chi connectivity index (χ3n) is 8.51. The fourth-order valence-corrected chi connectivity index (χ4v) is 7.72. The minimum absolute atomic E-state index is 0.0999. The number of nitrogens with zero attached hydrogens (tertiary/aromatic N) is 1. The van der Waals surface area contributed by atoms with Crippen LogP contribution in [0, 0.1) is 35.0 Å². The summed E-state index contributed by atoms with van der Waals surface area (Å²) in [6, 6.07) is 0. The minimum Gasteiger partial charge on any atom is -0.444 e. The van der Waals surface area contributed by atoms with Crippen molar-refractivity contribution in [1.82, 2.24) is 4.90 Å². The Morgan fingerprint density at radius 1 is 1.06 bits per heavy atom. The van der Waals surface area contributed by atoms with Gasteiger partial charge in [-0.3, -0.25) is 0 Å². The Hall–Kier alpha value is -0.890. The molecule has 4 aliphatic rings. The quantitative estimate of drug-likeness (QED) is 0.559. The molecule has 0 aromatic carbocycles. The summed E-state index contributed by atoms with van der Waals surface area (Å²) in [7, 11) is 3.40. The molecule has 0 aromatic heterocycles. The van der Waals surface area contributed by atoms with Crippen LogP contribution in [0.3, 0.4) is 0 Å². The monoisotopic (exact) mass is 453 g/mol. The second kappa shape index (κ2) is 9.40. The third-order valence-corrected chi connectivity index (χ3v) is 8.51. The molecule has 0 bridgehead atoms. The summed E-state index contributed by atoms with van der Waals surface area (Å²) in [5.74, 6) is 2.67. The van der Waals surface area contributed by atoms with Crippen LogP contribution in [-0.4, -0.2) is 69.7 Å². The molecule has 3 aliphatic carbocycles. The lowest BCUT2D eigenvalue weighted by molar-refractivity contribution is -0.169. The van der Waals surface area contributed by atoms with Crippen molar-refractivity contribution >= 4 is 6.09 Å². The van der Waals surface area contributed by atoms with Gasteiger partial charge in [0.05, 0.1) is 12.2 Å². The van der Waals surface area contributed by atoms with E-state index < -0.39 is 5.60 Å². The van der Waals surface area contributed by atoms with Crippen molar-refractivity contribution in [3.05, 3.63) is 0 Å². The van der Waals surface area contributed by atoms with E-state index in [1.165, 1.54) is 6.42 Å². The number of carbonyl (C=O) groups excluding carboxylic acids is 1. The highest BCUT2D eigenvalue weighted by molar-refractivity contribution is 5.68. The highest BCUT2D eigenvalue weighted by atomic mass is 16.7. The lowest BCUT2D eigenvalue weighted by Gasteiger charge is -2.48. The van der Waals surface area contributed by atoms with Crippen LogP contribution in [0.1, 0.15) is 59.8 Å². The van der Waals surface area contributed by atoms with Gasteiger partial charge >= 0.3 is 6.09 Å². The van der Waals surface area contributed by atoms with Crippen LogP contribution >= 0.6 is 0 Å². The molecule has 1 spiro atoms. The summed E-state index contributed by atoms with van der Waals surface area (Å²) < 4.78 is 29.1. The lowest BCUT2D eigenvalue weighted by atomic mass is 9.60. The van der Waals surface area contributed by atoms with Crippen molar-refractivity contribution in [1.29, 1.82) is 0 Å². The standard InChI is InChI=1S/C25H43NO6/c1-16-9-18-11-20(30-14-28-5)22-19-7-8-26(23(27)32-24(2,3)4)13-17(19)12-25(18,22)21(10-16)31-15-29-6/h16-22H,7-15H2,1-6H3/t16-,17-,18+,19+,20+,21-,22+,25-/m1/s1. The smallest absolute Gasteiger partial charge is 0.410 e. The summed E-state index contributed by atoms with van der Waals surface area (Å²) in [5.41, 5.74) is -0.371. The summed E-state index contributed by atoms with van der Waals surface area (Å²) in [4.78, 5) is 14.7. The van der Waals surface area contributed by atoms with E-state index in [4.69, 9.17) is 23.7 Å². The van der Waals surface area contributed by atoms with E-state index in [0.717, 1.165) is 38.8 Å². The summed E-state index contributed by atoms with van der Waals surface area (Å²) >= 11 is 0. The molecule has 7 nitrogen and oxygen atoms in total. The first-order valence-corrected chi connectivity index (χ1v) is 12.4. The first-order valence-electron chi connectivity index (χ1n) is 12.4. The number of fused-ring (bicyclic) bond motifs is 2. The van der Waals surface area contributed by atoms with Gasteiger partial charge in [0.25, 0.3) is 0 Å². The zero-order valence-corrected chi connectivity index (χ0v) is 20.8. The molecule has 4 rings (SSSR count). The van der Waals surface area contributed by atoms with Gasteiger partial charge in [0, 0.05) is 32.7 Å². The molecule has 1 amide bonds. The molecule has 184 valence electrons. The molecule has 4 fully saturated rings. The van der Waals surface area contributed by atoms with Crippen LogP contribution in [0.2, 0.25) is 0 Å². The van der Waals surface area contributed by atoms with Gasteiger partial charge in [0.15, 0.2) is 0 Å². The van der Waals surface area contributed by atoms with Gasteiger partial charge in [-0.25, -0.2) is 4.79 Å². The second-order valence-corrected chi connectivity index (χ2v) is 11.7. The average molecular weight is 454 g/mol. The summed E-state index contributed by atoms with van der Waals surface area (Å²) in [6.45, 7) is 10.3. The predicted octanol–water partition coefficient (Wildman–Crippen LogP) is 4.29. The number of likely N-dealkylation sites (tertiary alicyclic amines) is 1. The number of carbonyl (C=O) groups is 1. The van der Waals surface area contributed by atoms with Gasteiger partial charge in [0.1, 0.15) is 19.2 Å². The van der Waals surface area contributed by atoms with Crippen molar-refractivity contribution < 1.29 is 28.5 Å². The van der Waals surface area contributed by atoms with E-state index in [-0.39, 0.29) is 23.7 Å². The van der Waals surface area contributed by atoms with Crippen LogP contribution < -0.4 is 0 Å². The van der Waals surface area contributed by atoms with Gasteiger partial charge in [0.2, 0.25) is 0 Å². The SMILES string of the molecule is COCO[C@H]1C[C@@H]2C[C@@H](C)C[C@@H](OCOC)[C@@]23C[C@@H]2CN(C(=O)OC(C)(C)C)CC[C@@H]2[C@@H]13. The maximum atomic E-state index is 12.8. The Morgan fingerprint density at radius 3 is 2.47 bits per heavy atom. The second-order valence-electron chi connectivity index (χ2n) is 11.7. The van der Waals surface area contributed by atoms with Gasteiger partial charge in [-0.2, -0.15) is 0 Å².